The molecular formula is C5H12F3N+. The van der Waals surface area contributed by atoms with Crippen molar-refractivity contribution in [3.05, 3.63) is 6.68 Å². The van der Waals surface area contributed by atoms with Crippen LogP contribution in [0.2, 0.25) is 0 Å². The zero-order valence-electron chi connectivity index (χ0n) is 6.08. The molecule has 0 fully saturated rings. The van der Waals surface area contributed by atoms with Crippen LogP contribution in [-0.2, 0) is 0 Å². The molecule has 4 heteroatoms. The molecule has 0 amide bonds. The molecule has 0 spiro atoms. The molecule has 0 saturated heterocycles. The fraction of sp³-hybridized carbons (Fsp3) is 0.800. The Morgan fingerprint density at radius 3 is 0.889 bits per heavy atom. The topological polar surface area (TPSA) is 0 Å². The van der Waals surface area contributed by atoms with Crippen LogP contribution in [0.1, 0.15) is 0 Å². The van der Waals surface area contributed by atoms with Crippen LogP contribution in [0.25, 0.3) is 0 Å². The lowest BCUT2D eigenvalue weighted by Gasteiger charge is -2.14. The summed E-state index contributed by atoms with van der Waals surface area (Å²) in [5.41, 5.74) is 0. The first-order valence-corrected chi connectivity index (χ1v) is 2.36. The summed E-state index contributed by atoms with van der Waals surface area (Å²) in [4.78, 5) is 0. The normalized spacial score (nSPS) is 10.7. The SMILES string of the molecule is C[N+](C)(C)C.F[C](F)F. The molecule has 0 unspecified atom stereocenters. The fourth-order valence-electron chi connectivity index (χ4n) is 0. The van der Waals surface area contributed by atoms with E-state index >= 15 is 0 Å². The predicted molar refractivity (Wildman–Crippen MR) is 30.5 cm³/mol. The quantitative estimate of drug-likeness (QED) is 0.452. The van der Waals surface area contributed by atoms with Gasteiger partial charge >= 0.3 is 6.68 Å². The van der Waals surface area contributed by atoms with Crippen molar-refractivity contribution in [2.24, 2.45) is 0 Å². The number of hydrogen-bond donors (Lipinski definition) is 0. The van der Waals surface area contributed by atoms with Crippen LogP contribution in [0.15, 0.2) is 0 Å². The highest BCUT2D eigenvalue weighted by Crippen LogP contribution is 1.99. The summed E-state index contributed by atoms with van der Waals surface area (Å²) in [6.45, 7) is -3.08. The number of nitrogens with zero attached hydrogens (tertiary/aromatic N) is 1. The molecular weight excluding hydrogens is 131 g/mol. The van der Waals surface area contributed by atoms with Crippen LogP contribution >= 0.6 is 0 Å². The maximum absolute atomic E-state index is 9.58. The highest BCUT2D eigenvalue weighted by molar-refractivity contribution is 4.21. The van der Waals surface area contributed by atoms with Gasteiger partial charge in [-0.05, 0) is 0 Å². The summed E-state index contributed by atoms with van der Waals surface area (Å²) in [5, 5.41) is 0. The predicted octanol–water partition coefficient (Wildman–Crippen LogP) is 1.66. The van der Waals surface area contributed by atoms with E-state index in [-0.39, 0.29) is 0 Å². The first-order chi connectivity index (χ1) is 3.73. The van der Waals surface area contributed by atoms with Crippen LogP contribution in [0, 0.1) is 6.68 Å². The van der Waals surface area contributed by atoms with E-state index in [1.807, 2.05) is 0 Å². The zero-order chi connectivity index (χ0) is 8.08. The molecule has 9 heavy (non-hydrogen) atoms. The smallest absolute Gasteiger partial charge is 0.333 e. The average Bonchev–Trinajstić information content (AvgIpc) is 1.19. The molecule has 0 aliphatic carbocycles. The van der Waals surface area contributed by atoms with Crippen molar-refractivity contribution in [3.63, 3.8) is 0 Å². The van der Waals surface area contributed by atoms with Crippen LogP contribution in [0.5, 0.6) is 0 Å². The first kappa shape index (κ1) is 11.5. The second-order valence-electron chi connectivity index (χ2n) is 2.90. The van der Waals surface area contributed by atoms with Gasteiger partial charge in [-0.15, -0.1) is 0 Å². The summed E-state index contributed by atoms with van der Waals surface area (Å²) in [5.74, 6) is 0. The Labute approximate surface area is 53.7 Å². The third-order valence-corrected chi connectivity index (χ3v) is 0. The lowest BCUT2D eigenvalue weighted by Crippen LogP contribution is -2.27. The van der Waals surface area contributed by atoms with Gasteiger partial charge in [0.25, 0.3) is 0 Å². The molecule has 0 aromatic carbocycles. The highest BCUT2D eigenvalue weighted by atomic mass is 19.4. The highest BCUT2D eigenvalue weighted by Gasteiger charge is 1.93. The van der Waals surface area contributed by atoms with Crippen molar-refractivity contribution in [2.75, 3.05) is 28.2 Å². The fourth-order valence-corrected chi connectivity index (χ4v) is 0. The van der Waals surface area contributed by atoms with E-state index in [1.54, 1.807) is 0 Å². The minimum Gasteiger partial charge on any atom is -0.333 e. The van der Waals surface area contributed by atoms with E-state index in [1.165, 1.54) is 0 Å². The van der Waals surface area contributed by atoms with Gasteiger partial charge < -0.3 is 4.48 Å². The van der Waals surface area contributed by atoms with Crippen LogP contribution < -0.4 is 0 Å². The van der Waals surface area contributed by atoms with Gasteiger partial charge in [0.2, 0.25) is 0 Å². The molecule has 1 radical (unpaired) electrons. The lowest BCUT2D eigenvalue weighted by atomic mass is 10.8. The van der Waals surface area contributed by atoms with Gasteiger partial charge in [-0.1, -0.05) is 0 Å². The molecule has 0 atom stereocenters. The Morgan fingerprint density at radius 2 is 0.889 bits per heavy atom. The number of halogens is 3. The van der Waals surface area contributed by atoms with Gasteiger partial charge in [-0.3, -0.25) is 0 Å². The molecule has 0 aromatic heterocycles. The van der Waals surface area contributed by atoms with E-state index in [9.17, 15) is 13.2 Å². The average molecular weight is 143 g/mol. The van der Waals surface area contributed by atoms with Crippen molar-refractivity contribution in [1.82, 2.24) is 0 Å². The molecule has 57 valence electrons. The number of rotatable bonds is 0. The summed E-state index contributed by atoms with van der Waals surface area (Å²) < 4.78 is 29.8. The zero-order valence-corrected chi connectivity index (χ0v) is 6.08. The van der Waals surface area contributed by atoms with Gasteiger partial charge in [0.1, 0.15) is 0 Å². The van der Waals surface area contributed by atoms with E-state index in [2.05, 4.69) is 28.2 Å². The number of quaternary nitrogens is 1. The summed E-state index contributed by atoms with van der Waals surface area (Å²) in [6.07, 6.45) is 0. The summed E-state index contributed by atoms with van der Waals surface area (Å²) in [7, 11) is 8.50. The van der Waals surface area contributed by atoms with Gasteiger partial charge in [-0.25, -0.2) is 0 Å². The van der Waals surface area contributed by atoms with Crippen molar-refractivity contribution in [1.29, 1.82) is 0 Å². The van der Waals surface area contributed by atoms with Gasteiger partial charge in [0, 0.05) is 0 Å². The molecule has 0 aromatic rings. The Hall–Kier alpha value is -0.250. The van der Waals surface area contributed by atoms with Gasteiger partial charge in [0.15, 0.2) is 0 Å². The van der Waals surface area contributed by atoms with E-state index in [0.29, 0.717) is 0 Å². The first-order valence-electron chi connectivity index (χ1n) is 2.36. The van der Waals surface area contributed by atoms with Gasteiger partial charge in [0.05, 0.1) is 28.2 Å². The molecule has 0 heterocycles. The molecule has 0 aliphatic heterocycles. The maximum Gasteiger partial charge on any atom is 0.487 e. The second-order valence-corrected chi connectivity index (χ2v) is 2.90. The van der Waals surface area contributed by atoms with E-state index in [0.717, 1.165) is 4.48 Å². The van der Waals surface area contributed by atoms with Crippen molar-refractivity contribution < 1.29 is 17.7 Å². The molecule has 0 N–H and O–H groups in total. The Bertz CT molecular complexity index is 49.0. The third-order valence-electron chi connectivity index (χ3n) is 0. The summed E-state index contributed by atoms with van der Waals surface area (Å²) in [6, 6.07) is 0. The number of hydrogen-bond acceptors (Lipinski definition) is 0. The van der Waals surface area contributed by atoms with Gasteiger partial charge in [-0.2, -0.15) is 13.2 Å². The Kier molecular flexibility index (Phi) is 5.91. The van der Waals surface area contributed by atoms with Crippen molar-refractivity contribution in [2.45, 2.75) is 0 Å². The second kappa shape index (κ2) is 4.61. The lowest BCUT2D eigenvalue weighted by molar-refractivity contribution is -0.849. The molecule has 1 nitrogen and oxygen atoms in total. The Balaban J connectivity index is 0. The molecule has 0 saturated carbocycles. The van der Waals surface area contributed by atoms with Crippen molar-refractivity contribution >= 4 is 0 Å². The molecule has 0 bridgehead atoms. The minimum atomic E-state index is -3.08. The van der Waals surface area contributed by atoms with Crippen LogP contribution in [0.3, 0.4) is 0 Å². The largest absolute Gasteiger partial charge is 0.487 e. The molecule has 0 rings (SSSR count). The maximum atomic E-state index is 9.58. The van der Waals surface area contributed by atoms with E-state index < -0.39 is 6.68 Å². The third kappa shape index (κ3) is 4100. The Morgan fingerprint density at radius 1 is 0.889 bits per heavy atom. The van der Waals surface area contributed by atoms with Crippen LogP contribution in [-0.4, -0.2) is 32.7 Å². The van der Waals surface area contributed by atoms with E-state index in [4.69, 9.17) is 0 Å². The van der Waals surface area contributed by atoms with Crippen molar-refractivity contribution in [3.8, 4) is 0 Å². The minimum absolute atomic E-state index is 1.00. The monoisotopic (exact) mass is 143 g/mol. The standard InChI is InChI=1S/C4H12N.CF3/c1-5(2,3)4;2-1(3)4/h1-4H3;/q+1;. The van der Waals surface area contributed by atoms with Crippen LogP contribution in [0.4, 0.5) is 13.2 Å². The molecule has 0 aliphatic rings. The summed E-state index contributed by atoms with van der Waals surface area (Å²) >= 11 is 0.